The number of nitro groups is 1. The molecule has 2 rings (SSSR count). The Morgan fingerprint density at radius 2 is 2.15 bits per heavy atom. The maximum atomic E-state index is 10.9. The van der Waals surface area contributed by atoms with E-state index in [2.05, 4.69) is 5.32 Å². The van der Waals surface area contributed by atoms with Crippen LogP contribution in [0.3, 0.4) is 0 Å². The molecule has 1 aromatic carbocycles. The van der Waals surface area contributed by atoms with E-state index in [1.165, 1.54) is 31.7 Å². The van der Waals surface area contributed by atoms with Gasteiger partial charge in [-0.3, -0.25) is 10.1 Å². The number of anilines is 1. The topological polar surface area (TPSA) is 81.2 Å². The van der Waals surface area contributed by atoms with Crippen LogP contribution >= 0.6 is 11.6 Å². The molecule has 5 nitrogen and oxygen atoms in total. The van der Waals surface area contributed by atoms with Crippen molar-refractivity contribution in [2.24, 2.45) is 11.7 Å². The molecule has 0 heterocycles. The Morgan fingerprint density at radius 1 is 1.50 bits per heavy atom. The van der Waals surface area contributed by atoms with Crippen LogP contribution in [0.2, 0.25) is 5.02 Å². The molecule has 1 aromatic rings. The second-order valence-corrected chi connectivity index (χ2v) is 5.81. The number of rotatable bonds is 5. The molecule has 1 unspecified atom stereocenters. The third kappa shape index (κ3) is 3.22. The number of nitrogens with one attached hydrogen (secondary N) is 1. The second kappa shape index (κ2) is 6.41. The number of hydrogen-bond acceptors (Lipinski definition) is 4. The fraction of sp³-hybridized carbons (Fsp3) is 0.571. The Labute approximate surface area is 123 Å². The highest BCUT2D eigenvalue weighted by atomic mass is 35.5. The summed E-state index contributed by atoms with van der Waals surface area (Å²) in [7, 11) is 0. The number of nitrogens with two attached hydrogens (primary N) is 1. The minimum atomic E-state index is -0.462. The van der Waals surface area contributed by atoms with Gasteiger partial charge in [0.05, 0.1) is 4.92 Å². The number of benzene rings is 1. The van der Waals surface area contributed by atoms with Crippen molar-refractivity contribution in [1.82, 2.24) is 0 Å². The first-order chi connectivity index (χ1) is 9.52. The Bertz CT molecular complexity index is 501. The van der Waals surface area contributed by atoms with Gasteiger partial charge in [0.1, 0.15) is 5.02 Å². The van der Waals surface area contributed by atoms with Gasteiger partial charge < -0.3 is 11.1 Å². The van der Waals surface area contributed by atoms with E-state index in [0.717, 1.165) is 11.3 Å². The Morgan fingerprint density at radius 3 is 2.70 bits per heavy atom. The number of nitrogens with zero attached hydrogens (tertiary/aromatic N) is 1. The van der Waals surface area contributed by atoms with Crippen molar-refractivity contribution in [3.8, 4) is 0 Å². The monoisotopic (exact) mass is 297 g/mol. The molecule has 20 heavy (non-hydrogen) atoms. The van der Waals surface area contributed by atoms with Crippen LogP contribution in [0.15, 0.2) is 12.1 Å². The first-order valence-electron chi connectivity index (χ1n) is 6.94. The molecule has 0 bridgehead atoms. The van der Waals surface area contributed by atoms with Gasteiger partial charge in [-0.05, 0) is 37.3 Å². The highest BCUT2D eigenvalue weighted by molar-refractivity contribution is 6.33. The van der Waals surface area contributed by atoms with Crippen LogP contribution in [-0.2, 0) is 0 Å². The van der Waals surface area contributed by atoms with Crippen molar-refractivity contribution in [2.45, 2.75) is 38.6 Å². The quantitative estimate of drug-likeness (QED) is 0.644. The lowest BCUT2D eigenvalue weighted by Gasteiger charge is -2.25. The molecule has 0 aromatic heterocycles. The van der Waals surface area contributed by atoms with Crippen LogP contribution in [0.4, 0.5) is 11.4 Å². The van der Waals surface area contributed by atoms with Gasteiger partial charge in [-0.15, -0.1) is 0 Å². The van der Waals surface area contributed by atoms with E-state index < -0.39 is 4.92 Å². The van der Waals surface area contributed by atoms with E-state index in [1.54, 1.807) is 6.07 Å². The lowest BCUT2D eigenvalue weighted by molar-refractivity contribution is -0.384. The number of halogens is 1. The minimum absolute atomic E-state index is 0.0557. The summed E-state index contributed by atoms with van der Waals surface area (Å²) in [4.78, 5) is 10.4. The molecule has 0 radical (unpaired) electrons. The van der Waals surface area contributed by atoms with Gasteiger partial charge in [0.25, 0.3) is 5.69 Å². The zero-order valence-electron chi connectivity index (χ0n) is 11.6. The molecule has 1 aliphatic rings. The molecule has 0 spiro atoms. The van der Waals surface area contributed by atoms with Crippen molar-refractivity contribution in [2.75, 3.05) is 11.9 Å². The van der Waals surface area contributed by atoms with Crippen LogP contribution in [0.5, 0.6) is 0 Å². The molecule has 1 atom stereocenters. The van der Waals surface area contributed by atoms with Crippen LogP contribution in [0.1, 0.15) is 31.2 Å². The second-order valence-electron chi connectivity index (χ2n) is 5.41. The summed E-state index contributed by atoms with van der Waals surface area (Å²) in [6, 6.07) is 3.34. The fourth-order valence-corrected chi connectivity index (χ4v) is 3.12. The van der Waals surface area contributed by atoms with Gasteiger partial charge in [0.2, 0.25) is 0 Å². The molecule has 1 aliphatic carbocycles. The third-order valence-electron chi connectivity index (χ3n) is 4.05. The van der Waals surface area contributed by atoms with Crippen LogP contribution in [-0.4, -0.2) is 17.5 Å². The zero-order chi connectivity index (χ0) is 14.7. The van der Waals surface area contributed by atoms with Crippen molar-refractivity contribution in [3.63, 3.8) is 0 Å². The van der Waals surface area contributed by atoms with Crippen LogP contribution in [0.25, 0.3) is 0 Å². The molecule has 0 amide bonds. The molecule has 1 saturated carbocycles. The number of aryl methyl sites for hydroxylation is 1. The highest BCUT2D eigenvalue weighted by Crippen LogP contribution is 2.33. The van der Waals surface area contributed by atoms with Gasteiger partial charge in [-0.1, -0.05) is 24.4 Å². The molecule has 1 fully saturated rings. The van der Waals surface area contributed by atoms with Crippen LogP contribution < -0.4 is 11.1 Å². The fourth-order valence-electron chi connectivity index (χ4n) is 2.89. The average Bonchev–Trinajstić information content (AvgIpc) is 2.92. The molecular formula is C14H20ClN3O2. The van der Waals surface area contributed by atoms with Gasteiger partial charge in [0.15, 0.2) is 0 Å². The molecule has 0 aliphatic heterocycles. The van der Waals surface area contributed by atoms with Crippen molar-refractivity contribution in [3.05, 3.63) is 32.8 Å². The molecule has 110 valence electrons. The summed E-state index contributed by atoms with van der Waals surface area (Å²) in [6.07, 6.45) is 4.88. The summed E-state index contributed by atoms with van der Waals surface area (Å²) in [6.45, 7) is 2.40. The Hall–Kier alpha value is -1.33. The lowest BCUT2D eigenvalue weighted by Crippen LogP contribution is -2.35. The molecular weight excluding hydrogens is 278 g/mol. The SMILES string of the molecule is Cc1cc([N+](=O)[O-])c(Cl)cc1NC(CN)C1CCCC1. The summed E-state index contributed by atoms with van der Waals surface area (Å²) < 4.78 is 0. The maximum absolute atomic E-state index is 10.9. The lowest BCUT2D eigenvalue weighted by atomic mass is 9.97. The summed E-state index contributed by atoms with van der Waals surface area (Å²) in [5.74, 6) is 0.577. The molecule has 6 heteroatoms. The van der Waals surface area contributed by atoms with E-state index in [-0.39, 0.29) is 16.8 Å². The summed E-state index contributed by atoms with van der Waals surface area (Å²) in [5, 5.41) is 14.4. The predicted octanol–water partition coefficient (Wildman–Crippen LogP) is 3.49. The largest absolute Gasteiger partial charge is 0.380 e. The van der Waals surface area contributed by atoms with Gasteiger partial charge in [-0.25, -0.2) is 0 Å². The third-order valence-corrected chi connectivity index (χ3v) is 4.36. The van der Waals surface area contributed by atoms with E-state index in [0.29, 0.717) is 12.5 Å². The first-order valence-corrected chi connectivity index (χ1v) is 7.32. The summed E-state index contributed by atoms with van der Waals surface area (Å²) in [5.41, 5.74) is 7.46. The normalized spacial score (nSPS) is 17.1. The van der Waals surface area contributed by atoms with Gasteiger partial charge in [0, 0.05) is 24.3 Å². The smallest absolute Gasteiger partial charge is 0.288 e. The van der Waals surface area contributed by atoms with Crippen molar-refractivity contribution >= 4 is 23.0 Å². The van der Waals surface area contributed by atoms with Crippen molar-refractivity contribution < 1.29 is 4.92 Å². The zero-order valence-corrected chi connectivity index (χ0v) is 12.3. The van der Waals surface area contributed by atoms with E-state index in [1.807, 2.05) is 6.92 Å². The Balaban J connectivity index is 2.19. The van der Waals surface area contributed by atoms with E-state index >= 15 is 0 Å². The summed E-state index contributed by atoms with van der Waals surface area (Å²) >= 11 is 5.97. The average molecular weight is 298 g/mol. The van der Waals surface area contributed by atoms with Crippen molar-refractivity contribution in [1.29, 1.82) is 0 Å². The number of nitro benzene ring substituents is 1. The predicted molar refractivity (Wildman–Crippen MR) is 81.3 cm³/mol. The van der Waals surface area contributed by atoms with Gasteiger partial charge >= 0.3 is 0 Å². The van der Waals surface area contributed by atoms with E-state index in [4.69, 9.17) is 17.3 Å². The minimum Gasteiger partial charge on any atom is -0.380 e. The maximum Gasteiger partial charge on any atom is 0.288 e. The molecule has 3 N–H and O–H groups in total. The standard InChI is InChI=1S/C14H20ClN3O2/c1-9-6-14(18(19)20)11(15)7-12(9)17-13(8-16)10-4-2-3-5-10/h6-7,10,13,17H,2-5,8,16H2,1H3. The number of hydrogen-bond donors (Lipinski definition) is 2. The van der Waals surface area contributed by atoms with Crippen LogP contribution in [0, 0.1) is 23.0 Å². The van der Waals surface area contributed by atoms with E-state index in [9.17, 15) is 10.1 Å². The highest BCUT2D eigenvalue weighted by Gasteiger charge is 2.25. The molecule has 0 saturated heterocycles. The van der Waals surface area contributed by atoms with Gasteiger partial charge in [-0.2, -0.15) is 0 Å². The Kier molecular flexibility index (Phi) is 4.83. The first kappa shape index (κ1) is 15.1.